The van der Waals surface area contributed by atoms with E-state index >= 15 is 0 Å². The fourth-order valence-corrected chi connectivity index (χ4v) is 3.02. The van der Waals surface area contributed by atoms with Gasteiger partial charge in [-0.2, -0.15) is 0 Å². The Balaban J connectivity index is 1.98. The molecule has 1 aliphatic rings. The molecule has 28 heavy (non-hydrogen) atoms. The molecule has 5 atom stereocenters. The molecule has 0 spiro atoms. The van der Waals surface area contributed by atoms with Gasteiger partial charge in [0.1, 0.15) is 35.7 Å². The van der Waals surface area contributed by atoms with Crippen LogP contribution in [0.3, 0.4) is 0 Å². The van der Waals surface area contributed by atoms with Crippen LogP contribution in [0.5, 0.6) is 5.75 Å². The predicted octanol–water partition coefficient (Wildman–Crippen LogP) is 0.480. The predicted molar refractivity (Wildman–Crippen MR) is 100 cm³/mol. The lowest BCUT2D eigenvalue weighted by Gasteiger charge is -2.39. The van der Waals surface area contributed by atoms with Crippen molar-refractivity contribution in [2.75, 3.05) is 6.61 Å². The molecule has 4 N–H and O–H groups in total. The van der Waals surface area contributed by atoms with Gasteiger partial charge in [-0.3, -0.25) is 0 Å². The van der Waals surface area contributed by atoms with Crippen molar-refractivity contribution >= 4 is 11.0 Å². The smallest absolute Gasteiger partial charge is 0.336 e. The number of benzene rings is 1. The Bertz CT molecular complexity index is 912. The summed E-state index contributed by atoms with van der Waals surface area (Å²) in [5.41, 5.74) is 1.63. The average Bonchev–Trinajstić information content (AvgIpc) is 2.66. The largest absolute Gasteiger partial charge is 0.462 e. The number of rotatable bonds is 5. The van der Waals surface area contributed by atoms with Gasteiger partial charge in [0.15, 0.2) is 0 Å². The summed E-state index contributed by atoms with van der Waals surface area (Å²) in [7, 11) is 0. The quantitative estimate of drug-likeness (QED) is 0.427. The zero-order valence-corrected chi connectivity index (χ0v) is 15.6. The lowest BCUT2D eigenvalue weighted by atomic mass is 9.99. The van der Waals surface area contributed by atoms with E-state index in [4.69, 9.17) is 13.9 Å². The highest BCUT2D eigenvalue weighted by Gasteiger charge is 2.44. The third kappa shape index (κ3) is 4.26. The number of hydrogen-bond acceptors (Lipinski definition) is 8. The Morgan fingerprint density at radius 2 is 1.89 bits per heavy atom. The summed E-state index contributed by atoms with van der Waals surface area (Å²) in [5.74, 6) is 0.295. The molecule has 1 aromatic heterocycles. The lowest BCUT2D eigenvalue weighted by molar-refractivity contribution is -0.277. The highest BCUT2D eigenvalue weighted by molar-refractivity contribution is 5.79. The van der Waals surface area contributed by atoms with Crippen molar-refractivity contribution in [3.05, 3.63) is 51.9 Å². The Morgan fingerprint density at radius 1 is 1.14 bits per heavy atom. The van der Waals surface area contributed by atoms with Crippen molar-refractivity contribution in [3.8, 4) is 5.75 Å². The third-order valence-electron chi connectivity index (χ3n) is 4.62. The molecule has 152 valence electrons. The summed E-state index contributed by atoms with van der Waals surface area (Å²) in [4.78, 5) is 11.5. The van der Waals surface area contributed by atoms with Crippen molar-refractivity contribution in [3.63, 3.8) is 0 Å². The van der Waals surface area contributed by atoms with Gasteiger partial charge in [0, 0.05) is 17.5 Å². The Labute approximate surface area is 161 Å². The minimum atomic E-state index is -1.55. The molecule has 1 saturated heterocycles. The second kappa shape index (κ2) is 8.42. The molecule has 8 heteroatoms. The van der Waals surface area contributed by atoms with Gasteiger partial charge in [-0.15, -0.1) is 0 Å². The summed E-state index contributed by atoms with van der Waals surface area (Å²) >= 11 is 0. The van der Waals surface area contributed by atoms with Crippen LogP contribution in [0.1, 0.15) is 19.4 Å². The topological polar surface area (TPSA) is 130 Å². The molecule has 2 aromatic rings. The zero-order chi connectivity index (χ0) is 20.4. The van der Waals surface area contributed by atoms with Gasteiger partial charge in [-0.1, -0.05) is 11.6 Å². The van der Waals surface area contributed by atoms with Crippen LogP contribution in [0.25, 0.3) is 11.0 Å². The van der Waals surface area contributed by atoms with Gasteiger partial charge in [-0.25, -0.2) is 4.79 Å². The molecule has 0 radical (unpaired) electrons. The third-order valence-corrected chi connectivity index (χ3v) is 4.62. The number of aliphatic hydroxyl groups excluding tert-OH is 4. The van der Waals surface area contributed by atoms with E-state index in [1.807, 2.05) is 19.9 Å². The second-order valence-electron chi connectivity index (χ2n) is 7.05. The number of aliphatic hydroxyl groups is 4. The van der Waals surface area contributed by atoms with Gasteiger partial charge < -0.3 is 34.3 Å². The van der Waals surface area contributed by atoms with Gasteiger partial charge in [0.25, 0.3) is 0 Å². The first-order valence-electron chi connectivity index (χ1n) is 8.97. The molecule has 0 bridgehead atoms. The number of hydrogen-bond donors (Lipinski definition) is 4. The van der Waals surface area contributed by atoms with Gasteiger partial charge in [-0.05, 0) is 38.0 Å². The second-order valence-corrected chi connectivity index (χ2v) is 7.05. The van der Waals surface area contributed by atoms with E-state index in [0.29, 0.717) is 23.1 Å². The maximum Gasteiger partial charge on any atom is 0.336 e. The monoisotopic (exact) mass is 392 g/mol. The summed E-state index contributed by atoms with van der Waals surface area (Å²) in [6.07, 6.45) is -4.45. The maximum atomic E-state index is 11.5. The fourth-order valence-electron chi connectivity index (χ4n) is 3.02. The first-order chi connectivity index (χ1) is 13.3. The van der Waals surface area contributed by atoms with Crippen molar-refractivity contribution in [2.24, 2.45) is 0 Å². The van der Waals surface area contributed by atoms with Gasteiger partial charge in [0.05, 0.1) is 6.61 Å². The van der Waals surface area contributed by atoms with E-state index < -0.39 is 42.9 Å². The van der Waals surface area contributed by atoms with Crippen LogP contribution in [0.4, 0.5) is 0 Å². The normalized spacial score (nSPS) is 27.6. The maximum absolute atomic E-state index is 11.5. The van der Waals surface area contributed by atoms with E-state index in [-0.39, 0.29) is 0 Å². The van der Waals surface area contributed by atoms with E-state index in [1.165, 1.54) is 12.1 Å². The highest BCUT2D eigenvalue weighted by Crippen LogP contribution is 2.30. The van der Waals surface area contributed by atoms with Crippen LogP contribution < -0.4 is 10.4 Å². The minimum Gasteiger partial charge on any atom is -0.462 e. The fraction of sp³-hybridized carbons (Fsp3) is 0.450. The van der Waals surface area contributed by atoms with Crippen LogP contribution in [0.2, 0.25) is 0 Å². The molecule has 2 heterocycles. The molecule has 1 aliphatic heterocycles. The lowest BCUT2D eigenvalue weighted by Crippen LogP contribution is -2.60. The summed E-state index contributed by atoms with van der Waals surface area (Å²) in [6, 6.07) is 6.29. The number of allylic oxidation sites excluding steroid dienone is 2. The molecule has 0 amide bonds. The first kappa shape index (κ1) is 20.5. The Morgan fingerprint density at radius 3 is 2.57 bits per heavy atom. The van der Waals surface area contributed by atoms with Crippen molar-refractivity contribution in [1.82, 2.24) is 0 Å². The summed E-state index contributed by atoms with van der Waals surface area (Å²) in [5, 5.41) is 40.1. The highest BCUT2D eigenvalue weighted by atomic mass is 16.7. The van der Waals surface area contributed by atoms with Crippen LogP contribution in [-0.2, 0) is 11.2 Å². The molecular formula is C20H24O8. The van der Waals surface area contributed by atoms with Gasteiger partial charge >= 0.3 is 5.63 Å². The van der Waals surface area contributed by atoms with Crippen molar-refractivity contribution in [2.45, 2.75) is 51.0 Å². The molecular weight excluding hydrogens is 368 g/mol. The molecule has 1 aromatic carbocycles. The van der Waals surface area contributed by atoms with Crippen LogP contribution >= 0.6 is 0 Å². The summed E-state index contributed by atoms with van der Waals surface area (Å²) < 4.78 is 16.4. The summed E-state index contributed by atoms with van der Waals surface area (Å²) in [6.45, 7) is 3.36. The average molecular weight is 392 g/mol. The van der Waals surface area contributed by atoms with E-state index in [1.54, 1.807) is 12.1 Å². The van der Waals surface area contributed by atoms with Crippen LogP contribution in [-0.4, -0.2) is 57.7 Å². The molecule has 1 fully saturated rings. The Hall–Kier alpha value is -2.23. The number of fused-ring (bicyclic) bond motifs is 1. The molecule has 3 rings (SSSR count). The molecule has 0 unspecified atom stereocenters. The van der Waals surface area contributed by atoms with E-state index in [0.717, 1.165) is 11.1 Å². The van der Waals surface area contributed by atoms with E-state index in [2.05, 4.69) is 0 Å². The first-order valence-corrected chi connectivity index (χ1v) is 8.97. The Kier molecular flexibility index (Phi) is 6.17. The minimum absolute atomic E-state index is 0.295. The van der Waals surface area contributed by atoms with E-state index in [9.17, 15) is 25.2 Å². The standard InChI is InChI=1S/C20H24O8/c1-10(2)3-4-11-7-12-5-6-16(22)26-13(12)8-14(11)27-20-19(25)18(24)17(23)15(9-21)28-20/h3,5-8,15,17-21,23-25H,4,9H2,1-2H3/t15-,17-,18+,19-,20-/m1/s1. The molecule has 0 aliphatic carbocycles. The van der Waals surface area contributed by atoms with Crippen molar-refractivity contribution in [1.29, 1.82) is 0 Å². The van der Waals surface area contributed by atoms with Crippen LogP contribution in [0.15, 0.2) is 45.1 Å². The zero-order valence-electron chi connectivity index (χ0n) is 15.6. The number of ether oxygens (including phenoxy) is 2. The molecule has 8 nitrogen and oxygen atoms in total. The SMILES string of the molecule is CC(C)=CCc1cc2ccc(=O)oc2cc1O[C@@H]1O[C@H](CO)[C@@H](O)[C@H](O)[C@H]1O. The van der Waals surface area contributed by atoms with Gasteiger partial charge in [0.2, 0.25) is 6.29 Å². The molecule has 0 saturated carbocycles. The van der Waals surface area contributed by atoms with Crippen molar-refractivity contribution < 1.29 is 34.3 Å². The van der Waals surface area contributed by atoms with Crippen LogP contribution in [0, 0.1) is 0 Å².